The third-order valence-electron chi connectivity index (χ3n) is 3.64. The SMILES string of the molecule is C#CCNCCN1CCCC(C(C)C)CC1. The lowest BCUT2D eigenvalue weighted by Crippen LogP contribution is -2.33. The zero-order chi connectivity index (χ0) is 11.8. The van der Waals surface area contributed by atoms with Crippen LogP contribution in [0, 0.1) is 24.2 Å². The van der Waals surface area contributed by atoms with Crippen molar-refractivity contribution in [3.05, 3.63) is 0 Å². The summed E-state index contributed by atoms with van der Waals surface area (Å²) < 4.78 is 0. The molecule has 0 aliphatic carbocycles. The van der Waals surface area contributed by atoms with Crippen molar-refractivity contribution in [3.63, 3.8) is 0 Å². The van der Waals surface area contributed by atoms with Crippen molar-refractivity contribution in [3.8, 4) is 12.3 Å². The Morgan fingerprint density at radius 1 is 1.38 bits per heavy atom. The van der Waals surface area contributed by atoms with Gasteiger partial charge in [0.1, 0.15) is 0 Å². The Kier molecular flexibility index (Phi) is 6.52. The van der Waals surface area contributed by atoms with E-state index in [0.717, 1.165) is 24.9 Å². The Hall–Kier alpha value is -0.520. The first-order valence-corrected chi connectivity index (χ1v) is 6.60. The average molecular weight is 222 g/mol. The average Bonchev–Trinajstić information content (AvgIpc) is 2.50. The van der Waals surface area contributed by atoms with Crippen molar-refractivity contribution in [2.24, 2.45) is 11.8 Å². The van der Waals surface area contributed by atoms with Crippen LogP contribution in [-0.2, 0) is 0 Å². The normalized spacial score (nSPS) is 23.0. The maximum Gasteiger partial charge on any atom is 0.0574 e. The Labute approximate surface area is 101 Å². The summed E-state index contributed by atoms with van der Waals surface area (Å²) in [5.74, 6) is 4.39. The van der Waals surface area contributed by atoms with Gasteiger partial charge < -0.3 is 10.2 Å². The topological polar surface area (TPSA) is 15.3 Å². The zero-order valence-corrected chi connectivity index (χ0v) is 10.8. The van der Waals surface area contributed by atoms with Crippen molar-refractivity contribution in [2.75, 3.05) is 32.7 Å². The first kappa shape index (κ1) is 13.5. The van der Waals surface area contributed by atoms with Crippen LogP contribution in [0.1, 0.15) is 33.1 Å². The third-order valence-corrected chi connectivity index (χ3v) is 3.64. The molecule has 0 spiro atoms. The van der Waals surface area contributed by atoms with Crippen LogP contribution in [-0.4, -0.2) is 37.6 Å². The highest BCUT2D eigenvalue weighted by atomic mass is 15.1. The first-order chi connectivity index (χ1) is 7.74. The van der Waals surface area contributed by atoms with Crippen molar-refractivity contribution in [2.45, 2.75) is 33.1 Å². The summed E-state index contributed by atoms with van der Waals surface area (Å²) in [6, 6.07) is 0. The van der Waals surface area contributed by atoms with E-state index in [9.17, 15) is 0 Å². The standard InChI is InChI=1S/C14H26N2/c1-4-8-15-9-12-16-10-5-6-14(7-11-16)13(2)3/h1,13-15H,5-12H2,2-3H3. The molecule has 0 saturated carbocycles. The molecule has 16 heavy (non-hydrogen) atoms. The van der Waals surface area contributed by atoms with Crippen LogP contribution >= 0.6 is 0 Å². The van der Waals surface area contributed by atoms with E-state index in [0.29, 0.717) is 6.54 Å². The van der Waals surface area contributed by atoms with Gasteiger partial charge in [0, 0.05) is 13.1 Å². The molecule has 1 aliphatic heterocycles. The Balaban J connectivity index is 2.18. The molecule has 1 rings (SSSR count). The number of likely N-dealkylation sites (tertiary alicyclic amines) is 1. The lowest BCUT2D eigenvalue weighted by Gasteiger charge is -2.21. The summed E-state index contributed by atoms with van der Waals surface area (Å²) >= 11 is 0. The molecule has 0 aromatic heterocycles. The molecule has 1 heterocycles. The molecular weight excluding hydrogens is 196 g/mol. The molecule has 1 N–H and O–H groups in total. The minimum absolute atomic E-state index is 0.697. The van der Waals surface area contributed by atoms with E-state index >= 15 is 0 Å². The number of rotatable bonds is 5. The van der Waals surface area contributed by atoms with E-state index in [1.54, 1.807) is 0 Å². The number of hydrogen-bond acceptors (Lipinski definition) is 2. The van der Waals surface area contributed by atoms with E-state index in [-0.39, 0.29) is 0 Å². The number of nitrogens with one attached hydrogen (secondary N) is 1. The second-order valence-electron chi connectivity index (χ2n) is 5.16. The fraction of sp³-hybridized carbons (Fsp3) is 0.857. The predicted octanol–water partition coefficient (Wildman–Crippen LogP) is 1.97. The van der Waals surface area contributed by atoms with Gasteiger partial charge in [0.25, 0.3) is 0 Å². The fourth-order valence-electron chi connectivity index (χ4n) is 2.47. The number of nitrogens with zero attached hydrogens (tertiary/aromatic N) is 1. The first-order valence-electron chi connectivity index (χ1n) is 6.60. The molecule has 92 valence electrons. The molecule has 0 bridgehead atoms. The maximum atomic E-state index is 5.20. The monoisotopic (exact) mass is 222 g/mol. The summed E-state index contributed by atoms with van der Waals surface area (Å²) in [5.41, 5.74) is 0. The molecule has 0 aromatic carbocycles. The lowest BCUT2D eigenvalue weighted by atomic mass is 9.89. The zero-order valence-electron chi connectivity index (χ0n) is 10.8. The highest BCUT2D eigenvalue weighted by molar-refractivity contribution is 4.86. The van der Waals surface area contributed by atoms with Crippen molar-refractivity contribution < 1.29 is 0 Å². The minimum atomic E-state index is 0.697. The molecule has 0 amide bonds. The van der Waals surface area contributed by atoms with Crippen molar-refractivity contribution in [1.82, 2.24) is 10.2 Å². The van der Waals surface area contributed by atoms with Crippen molar-refractivity contribution in [1.29, 1.82) is 0 Å². The lowest BCUT2D eigenvalue weighted by molar-refractivity contribution is 0.273. The van der Waals surface area contributed by atoms with Gasteiger partial charge in [-0.15, -0.1) is 6.42 Å². The summed E-state index contributed by atoms with van der Waals surface area (Å²) in [5, 5.41) is 3.26. The van der Waals surface area contributed by atoms with Gasteiger partial charge in [0.05, 0.1) is 6.54 Å². The summed E-state index contributed by atoms with van der Waals surface area (Å²) in [4.78, 5) is 2.58. The van der Waals surface area contributed by atoms with Crippen LogP contribution in [0.4, 0.5) is 0 Å². The molecular formula is C14H26N2. The van der Waals surface area contributed by atoms with Gasteiger partial charge in [-0.05, 0) is 44.2 Å². The highest BCUT2D eigenvalue weighted by Crippen LogP contribution is 2.24. The molecule has 1 unspecified atom stereocenters. The molecule has 1 saturated heterocycles. The van der Waals surface area contributed by atoms with Crippen LogP contribution in [0.15, 0.2) is 0 Å². The van der Waals surface area contributed by atoms with Crippen LogP contribution in [0.3, 0.4) is 0 Å². The second-order valence-corrected chi connectivity index (χ2v) is 5.16. The molecule has 2 heteroatoms. The van der Waals surface area contributed by atoms with Crippen LogP contribution in [0.2, 0.25) is 0 Å². The minimum Gasteiger partial charge on any atom is -0.305 e. The summed E-state index contributed by atoms with van der Waals surface area (Å²) in [7, 11) is 0. The van der Waals surface area contributed by atoms with E-state index in [1.165, 1.54) is 32.4 Å². The summed E-state index contributed by atoms with van der Waals surface area (Å²) in [6.07, 6.45) is 9.33. The van der Waals surface area contributed by atoms with Gasteiger partial charge >= 0.3 is 0 Å². The molecule has 2 nitrogen and oxygen atoms in total. The second kappa shape index (κ2) is 7.70. The smallest absolute Gasteiger partial charge is 0.0574 e. The van der Waals surface area contributed by atoms with E-state index < -0.39 is 0 Å². The van der Waals surface area contributed by atoms with Gasteiger partial charge in [-0.1, -0.05) is 19.8 Å². The third kappa shape index (κ3) is 5.01. The fourth-order valence-corrected chi connectivity index (χ4v) is 2.47. The van der Waals surface area contributed by atoms with Gasteiger partial charge in [-0.3, -0.25) is 0 Å². The molecule has 0 radical (unpaired) electrons. The van der Waals surface area contributed by atoms with Gasteiger partial charge in [0.2, 0.25) is 0 Å². The van der Waals surface area contributed by atoms with Crippen LogP contribution in [0.5, 0.6) is 0 Å². The summed E-state index contributed by atoms with van der Waals surface area (Å²) in [6.45, 7) is 10.1. The predicted molar refractivity (Wildman–Crippen MR) is 70.3 cm³/mol. The largest absolute Gasteiger partial charge is 0.305 e. The number of hydrogen-bond donors (Lipinski definition) is 1. The maximum absolute atomic E-state index is 5.20. The quantitative estimate of drug-likeness (QED) is 0.565. The molecule has 1 atom stereocenters. The molecule has 1 aliphatic rings. The van der Waals surface area contributed by atoms with Gasteiger partial charge in [0.15, 0.2) is 0 Å². The Bertz CT molecular complexity index is 217. The Morgan fingerprint density at radius 2 is 2.19 bits per heavy atom. The molecule has 1 fully saturated rings. The van der Waals surface area contributed by atoms with E-state index in [2.05, 4.69) is 30.0 Å². The number of terminal acetylenes is 1. The van der Waals surface area contributed by atoms with E-state index in [1.807, 2.05) is 0 Å². The highest BCUT2D eigenvalue weighted by Gasteiger charge is 2.18. The van der Waals surface area contributed by atoms with Gasteiger partial charge in [-0.25, -0.2) is 0 Å². The van der Waals surface area contributed by atoms with E-state index in [4.69, 9.17) is 6.42 Å². The molecule has 0 aromatic rings. The Morgan fingerprint density at radius 3 is 2.88 bits per heavy atom. The van der Waals surface area contributed by atoms with Crippen LogP contribution in [0.25, 0.3) is 0 Å². The van der Waals surface area contributed by atoms with Crippen molar-refractivity contribution >= 4 is 0 Å². The van der Waals surface area contributed by atoms with Gasteiger partial charge in [-0.2, -0.15) is 0 Å². The van der Waals surface area contributed by atoms with Crippen LogP contribution < -0.4 is 5.32 Å².